The summed E-state index contributed by atoms with van der Waals surface area (Å²) in [5, 5.41) is 0. The van der Waals surface area contributed by atoms with E-state index >= 15 is 0 Å². The van der Waals surface area contributed by atoms with Gasteiger partial charge in [-0.25, -0.2) is 13.1 Å². The molecule has 6 heteroatoms. The Labute approximate surface area is 120 Å². The molecular formula is C14H22N2O3S. The number of sulfonamides is 1. The Hall–Kier alpha value is -1.11. The summed E-state index contributed by atoms with van der Waals surface area (Å²) in [5.74, 6) is 0.682. The summed E-state index contributed by atoms with van der Waals surface area (Å²) in [6.07, 6.45) is 2.45. The van der Waals surface area contributed by atoms with Gasteiger partial charge in [0.25, 0.3) is 0 Å². The highest BCUT2D eigenvalue weighted by Gasteiger charge is 2.22. The van der Waals surface area contributed by atoms with E-state index in [-0.39, 0.29) is 11.4 Å². The summed E-state index contributed by atoms with van der Waals surface area (Å²) in [6.45, 7) is 4.93. The molecule has 5 nitrogen and oxygen atoms in total. The van der Waals surface area contributed by atoms with E-state index in [2.05, 4.69) is 4.72 Å². The second-order valence-electron chi connectivity index (χ2n) is 5.36. The van der Waals surface area contributed by atoms with E-state index in [0.717, 1.165) is 12.2 Å². The highest BCUT2D eigenvalue weighted by molar-refractivity contribution is 7.89. The van der Waals surface area contributed by atoms with Crippen LogP contribution in [0.25, 0.3) is 0 Å². The van der Waals surface area contributed by atoms with Crippen molar-refractivity contribution >= 4 is 15.7 Å². The van der Waals surface area contributed by atoms with Gasteiger partial charge in [-0.05, 0) is 43.7 Å². The zero-order chi connectivity index (χ0) is 14.8. The number of nitrogens with one attached hydrogen (secondary N) is 1. The molecule has 0 heterocycles. The maximum atomic E-state index is 12.3. The number of hydrogen-bond donors (Lipinski definition) is 2. The van der Waals surface area contributed by atoms with Crippen LogP contribution in [0.4, 0.5) is 5.69 Å². The molecule has 0 amide bonds. The minimum absolute atomic E-state index is 0.180. The molecule has 0 bridgehead atoms. The fraction of sp³-hybridized carbons (Fsp3) is 0.571. The maximum absolute atomic E-state index is 12.3. The van der Waals surface area contributed by atoms with Gasteiger partial charge in [0.2, 0.25) is 10.0 Å². The number of anilines is 1. The molecule has 20 heavy (non-hydrogen) atoms. The molecule has 1 fully saturated rings. The first-order valence-electron chi connectivity index (χ1n) is 6.85. The van der Waals surface area contributed by atoms with E-state index in [9.17, 15) is 8.42 Å². The van der Waals surface area contributed by atoms with Crippen molar-refractivity contribution in [1.82, 2.24) is 4.72 Å². The Kier molecular flexibility index (Phi) is 4.67. The third-order valence-electron chi connectivity index (χ3n) is 3.47. The minimum Gasteiger partial charge on any atom is -0.397 e. The molecular weight excluding hydrogens is 276 g/mol. The Morgan fingerprint density at radius 2 is 1.95 bits per heavy atom. The summed E-state index contributed by atoms with van der Waals surface area (Å²) in [5.41, 5.74) is 7.63. The van der Waals surface area contributed by atoms with Gasteiger partial charge in [0.05, 0.1) is 12.3 Å². The van der Waals surface area contributed by atoms with E-state index in [4.69, 9.17) is 10.5 Å². The molecule has 0 aromatic heterocycles. The smallest absolute Gasteiger partial charge is 0.242 e. The first-order valence-corrected chi connectivity index (χ1v) is 8.33. The summed E-state index contributed by atoms with van der Waals surface area (Å²) in [4.78, 5) is 0.180. The van der Waals surface area contributed by atoms with Crippen molar-refractivity contribution < 1.29 is 13.2 Å². The van der Waals surface area contributed by atoms with Gasteiger partial charge in [0.1, 0.15) is 4.90 Å². The van der Waals surface area contributed by atoms with Crippen LogP contribution in [0.5, 0.6) is 0 Å². The molecule has 1 saturated carbocycles. The normalized spacial score (nSPS) is 15.5. The monoisotopic (exact) mass is 298 g/mol. The molecule has 1 aromatic carbocycles. The Morgan fingerprint density at radius 3 is 2.60 bits per heavy atom. The molecule has 0 unspecified atom stereocenters. The van der Waals surface area contributed by atoms with Crippen molar-refractivity contribution in [3.63, 3.8) is 0 Å². The SMILES string of the molecule is Cc1ccc(C)c(S(=O)(=O)NCCOCC2CC2)c1N. The molecule has 1 aliphatic rings. The van der Waals surface area contributed by atoms with Crippen LogP contribution >= 0.6 is 0 Å². The number of nitrogen functional groups attached to an aromatic ring is 1. The number of aryl methyl sites for hydroxylation is 2. The van der Waals surface area contributed by atoms with Crippen LogP contribution in [0.2, 0.25) is 0 Å². The van der Waals surface area contributed by atoms with Crippen LogP contribution in [0.1, 0.15) is 24.0 Å². The van der Waals surface area contributed by atoms with Crippen molar-refractivity contribution in [2.45, 2.75) is 31.6 Å². The van der Waals surface area contributed by atoms with E-state index in [1.54, 1.807) is 19.9 Å². The first-order chi connectivity index (χ1) is 9.42. The molecule has 3 N–H and O–H groups in total. The van der Waals surface area contributed by atoms with Crippen LogP contribution in [0.15, 0.2) is 17.0 Å². The second kappa shape index (κ2) is 6.11. The van der Waals surface area contributed by atoms with Crippen molar-refractivity contribution in [1.29, 1.82) is 0 Å². The zero-order valence-electron chi connectivity index (χ0n) is 12.0. The lowest BCUT2D eigenvalue weighted by Crippen LogP contribution is -2.29. The van der Waals surface area contributed by atoms with Crippen molar-refractivity contribution in [2.75, 3.05) is 25.5 Å². The fourth-order valence-electron chi connectivity index (χ4n) is 2.02. The second-order valence-corrected chi connectivity index (χ2v) is 7.06. The molecule has 0 saturated heterocycles. The standard InChI is InChI=1S/C14H22N2O3S/c1-10-3-4-11(2)14(13(10)15)20(17,18)16-7-8-19-9-12-5-6-12/h3-4,12,16H,5-9,15H2,1-2H3. The largest absolute Gasteiger partial charge is 0.397 e. The van der Waals surface area contributed by atoms with Gasteiger partial charge >= 0.3 is 0 Å². The van der Waals surface area contributed by atoms with E-state index < -0.39 is 10.0 Å². The van der Waals surface area contributed by atoms with Gasteiger partial charge in [0.15, 0.2) is 0 Å². The van der Waals surface area contributed by atoms with Gasteiger partial charge in [-0.1, -0.05) is 12.1 Å². The van der Waals surface area contributed by atoms with Gasteiger partial charge in [0, 0.05) is 13.2 Å². The topological polar surface area (TPSA) is 81.4 Å². The quantitative estimate of drug-likeness (QED) is 0.591. The average molecular weight is 298 g/mol. The number of nitrogens with two attached hydrogens (primary N) is 1. The minimum atomic E-state index is -3.58. The zero-order valence-corrected chi connectivity index (χ0v) is 12.8. The summed E-state index contributed by atoms with van der Waals surface area (Å²) >= 11 is 0. The molecule has 2 rings (SSSR count). The predicted molar refractivity (Wildman–Crippen MR) is 79.1 cm³/mol. The predicted octanol–water partition coefficient (Wildman–Crippen LogP) is 1.59. The lowest BCUT2D eigenvalue weighted by atomic mass is 10.1. The number of rotatable bonds is 7. The average Bonchev–Trinajstić information content (AvgIpc) is 3.17. The molecule has 0 aliphatic heterocycles. The molecule has 1 aromatic rings. The Morgan fingerprint density at radius 1 is 1.30 bits per heavy atom. The lowest BCUT2D eigenvalue weighted by molar-refractivity contribution is 0.129. The molecule has 112 valence electrons. The third-order valence-corrected chi connectivity index (χ3v) is 5.13. The molecule has 0 spiro atoms. The van der Waals surface area contributed by atoms with Gasteiger partial charge in [-0.3, -0.25) is 0 Å². The van der Waals surface area contributed by atoms with E-state index in [0.29, 0.717) is 23.8 Å². The van der Waals surface area contributed by atoms with Crippen molar-refractivity contribution in [3.05, 3.63) is 23.3 Å². The Balaban J connectivity index is 1.96. The van der Waals surface area contributed by atoms with Gasteiger partial charge in [-0.15, -0.1) is 0 Å². The van der Waals surface area contributed by atoms with Crippen LogP contribution in [0.3, 0.4) is 0 Å². The van der Waals surface area contributed by atoms with Crippen molar-refractivity contribution in [2.24, 2.45) is 5.92 Å². The number of hydrogen-bond acceptors (Lipinski definition) is 4. The first kappa shape index (κ1) is 15.3. The van der Waals surface area contributed by atoms with Crippen LogP contribution in [-0.2, 0) is 14.8 Å². The maximum Gasteiger partial charge on any atom is 0.242 e. The molecule has 0 radical (unpaired) electrons. The van der Waals surface area contributed by atoms with Crippen LogP contribution < -0.4 is 10.5 Å². The lowest BCUT2D eigenvalue weighted by Gasteiger charge is -2.13. The van der Waals surface area contributed by atoms with Gasteiger partial charge < -0.3 is 10.5 Å². The van der Waals surface area contributed by atoms with Crippen molar-refractivity contribution in [3.8, 4) is 0 Å². The van der Waals surface area contributed by atoms with Crippen LogP contribution in [0, 0.1) is 19.8 Å². The molecule has 0 atom stereocenters. The van der Waals surface area contributed by atoms with Crippen LogP contribution in [-0.4, -0.2) is 28.2 Å². The number of benzene rings is 1. The number of ether oxygens (including phenoxy) is 1. The highest BCUT2D eigenvalue weighted by atomic mass is 32.2. The molecule has 1 aliphatic carbocycles. The summed E-state index contributed by atoms with van der Waals surface area (Å²) < 4.78 is 32.5. The highest BCUT2D eigenvalue weighted by Crippen LogP contribution is 2.28. The fourth-order valence-corrected chi connectivity index (χ4v) is 3.46. The summed E-state index contributed by atoms with van der Waals surface area (Å²) in [7, 11) is -3.58. The van der Waals surface area contributed by atoms with E-state index in [1.165, 1.54) is 12.8 Å². The summed E-state index contributed by atoms with van der Waals surface area (Å²) in [6, 6.07) is 3.59. The third kappa shape index (κ3) is 3.71. The van der Waals surface area contributed by atoms with Gasteiger partial charge in [-0.2, -0.15) is 0 Å². The van der Waals surface area contributed by atoms with E-state index in [1.807, 2.05) is 6.07 Å². The Bertz CT molecular complexity index is 580.